The second-order valence-corrected chi connectivity index (χ2v) is 7.42. The number of aryl methyl sites for hydroxylation is 1. The van der Waals surface area contributed by atoms with Crippen molar-refractivity contribution in [1.82, 2.24) is 0 Å². The number of methoxy groups -OCH3 is 1. The van der Waals surface area contributed by atoms with Crippen LogP contribution in [0.3, 0.4) is 0 Å². The Morgan fingerprint density at radius 1 is 1.00 bits per heavy atom. The summed E-state index contributed by atoms with van der Waals surface area (Å²) in [7, 11) is 3.07. The number of alkyl halides is 3. The van der Waals surface area contributed by atoms with Crippen molar-refractivity contribution in [1.29, 1.82) is 0 Å². The number of hydrogen-bond acceptors (Lipinski definition) is 4. The number of nitrogens with zero attached hydrogens (tertiary/aromatic N) is 2. The molecule has 31 heavy (non-hydrogen) atoms. The molecule has 0 radical (unpaired) electrons. The van der Waals surface area contributed by atoms with Gasteiger partial charge in [-0.2, -0.15) is 11.3 Å². The summed E-state index contributed by atoms with van der Waals surface area (Å²) < 4.78 is 48.0. The van der Waals surface area contributed by atoms with E-state index in [-0.39, 0.29) is 17.1 Å². The molecule has 0 N–H and O–H groups in total. The number of para-hydroxylation sites is 1. The van der Waals surface area contributed by atoms with E-state index in [2.05, 4.69) is 25.5 Å². The van der Waals surface area contributed by atoms with E-state index in [0.717, 1.165) is 22.3 Å². The van der Waals surface area contributed by atoms with Crippen LogP contribution in [0.2, 0.25) is 0 Å². The van der Waals surface area contributed by atoms with Crippen molar-refractivity contribution in [3.8, 4) is 22.6 Å². The Morgan fingerprint density at radius 3 is 2.35 bits per heavy atom. The normalized spacial score (nSPS) is 12.7. The first kappa shape index (κ1) is 22.6. The first-order chi connectivity index (χ1) is 14.7. The highest BCUT2D eigenvalue weighted by Crippen LogP contribution is 2.35. The van der Waals surface area contributed by atoms with E-state index in [0.29, 0.717) is 11.5 Å². The molecule has 8 heteroatoms. The van der Waals surface area contributed by atoms with Crippen LogP contribution in [0.5, 0.6) is 11.5 Å². The average molecular weight is 446 g/mol. The fourth-order valence-electron chi connectivity index (χ4n) is 3.09. The van der Waals surface area contributed by atoms with Crippen molar-refractivity contribution in [2.75, 3.05) is 14.2 Å². The Morgan fingerprint density at radius 2 is 1.74 bits per heavy atom. The summed E-state index contributed by atoms with van der Waals surface area (Å²) in [6.07, 6.45) is -4.81. The monoisotopic (exact) mass is 446 g/mol. The standard InChI is InChI=1S/C23H21F3N2O2S/c1-14-12-31-13-19(14)17-10-9-16(11-21(17)29-4)15(2)28-22(27-3)18-7-5-6-8-20(18)30-23(24,25)26/h5-13H,1-4H3/b27-22-,28-15+. The van der Waals surface area contributed by atoms with Crippen molar-refractivity contribution < 1.29 is 22.6 Å². The van der Waals surface area contributed by atoms with Gasteiger partial charge in [0.25, 0.3) is 0 Å². The molecule has 0 aliphatic carbocycles. The van der Waals surface area contributed by atoms with Crippen molar-refractivity contribution in [2.24, 2.45) is 9.98 Å². The molecule has 0 aliphatic rings. The Bertz CT molecular complexity index is 1130. The molecule has 0 atom stereocenters. The zero-order valence-electron chi connectivity index (χ0n) is 17.4. The van der Waals surface area contributed by atoms with Crippen molar-refractivity contribution in [3.63, 3.8) is 0 Å². The summed E-state index contributed by atoms with van der Waals surface area (Å²) >= 11 is 1.62. The summed E-state index contributed by atoms with van der Waals surface area (Å²) in [5, 5.41) is 4.13. The van der Waals surface area contributed by atoms with Gasteiger partial charge in [0.05, 0.1) is 12.7 Å². The van der Waals surface area contributed by atoms with Gasteiger partial charge < -0.3 is 9.47 Å². The molecule has 1 aromatic heterocycles. The first-order valence-electron chi connectivity index (χ1n) is 9.32. The molecule has 3 aromatic rings. The van der Waals surface area contributed by atoms with E-state index in [4.69, 9.17) is 4.74 Å². The molecule has 1 heterocycles. The first-order valence-corrected chi connectivity index (χ1v) is 10.3. The van der Waals surface area contributed by atoms with E-state index < -0.39 is 6.36 Å². The van der Waals surface area contributed by atoms with Gasteiger partial charge in [0.2, 0.25) is 0 Å². The quantitative estimate of drug-likeness (QED) is 0.331. The molecule has 0 spiro atoms. The third-order valence-electron chi connectivity index (χ3n) is 4.60. The lowest BCUT2D eigenvalue weighted by atomic mass is 10.0. The van der Waals surface area contributed by atoms with Crippen LogP contribution in [0, 0.1) is 6.92 Å². The largest absolute Gasteiger partial charge is 0.573 e. The van der Waals surface area contributed by atoms with E-state index in [1.165, 1.54) is 25.2 Å². The number of thiophene rings is 1. The molecule has 2 aromatic carbocycles. The number of rotatable bonds is 5. The molecule has 0 bridgehead atoms. The summed E-state index contributed by atoms with van der Waals surface area (Å²) in [6.45, 7) is 3.80. The lowest BCUT2D eigenvalue weighted by Gasteiger charge is -2.14. The molecule has 0 saturated carbocycles. The van der Waals surface area contributed by atoms with Crippen molar-refractivity contribution in [2.45, 2.75) is 20.2 Å². The SMILES string of the molecule is C/N=C(\N=C(/C)c1ccc(-c2cscc2C)c(OC)c1)c1ccccc1OC(F)(F)F. The van der Waals surface area contributed by atoms with Crippen molar-refractivity contribution in [3.05, 3.63) is 69.9 Å². The average Bonchev–Trinajstić information content (AvgIpc) is 3.16. The summed E-state index contributed by atoms with van der Waals surface area (Å²) in [5.41, 5.74) is 4.71. The van der Waals surface area contributed by atoms with E-state index in [9.17, 15) is 13.2 Å². The van der Waals surface area contributed by atoms with E-state index in [1.54, 1.807) is 31.4 Å². The van der Waals surface area contributed by atoms with Gasteiger partial charge in [-0.3, -0.25) is 4.99 Å². The molecule has 0 unspecified atom stereocenters. The second-order valence-electron chi connectivity index (χ2n) is 6.67. The van der Waals surface area contributed by atoms with Crippen LogP contribution in [-0.2, 0) is 0 Å². The van der Waals surface area contributed by atoms with Crippen LogP contribution in [0.1, 0.15) is 23.6 Å². The number of aliphatic imine (C=N–C) groups is 2. The maximum absolute atomic E-state index is 12.8. The highest BCUT2D eigenvalue weighted by Gasteiger charge is 2.32. The van der Waals surface area contributed by atoms with E-state index >= 15 is 0 Å². The topological polar surface area (TPSA) is 43.2 Å². The van der Waals surface area contributed by atoms with Crippen LogP contribution >= 0.6 is 11.3 Å². The van der Waals surface area contributed by atoms with Gasteiger partial charge in [-0.05, 0) is 65.6 Å². The molecule has 162 valence electrons. The number of benzene rings is 2. The van der Waals surface area contributed by atoms with Gasteiger partial charge in [-0.15, -0.1) is 13.2 Å². The Labute approximate surface area is 182 Å². The number of ether oxygens (including phenoxy) is 2. The lowest BCUT2D eigenvalue weighted by molar-refractivity contribution is -0.274. The third-order valence-corrected chi connectivity index (χ3v) is 5.47. The van der Waals surface area contributed by atoms with Crippen LogP contribution < -0.4 is 9.47 Å². The third kappa shape index (κ3) is 5.32. The molecule has 0 saturated heterocycles. The molecule has 0 aliphatic heterocycles. The second kappa shape index (κ2) is 9.34. The predicted molar refractivity (Wildman–Crippen MR) is 119 cm³/mol. The fraction of sp³-hybridized carbons (Fsp3) is 0.217. The molecule has 4 nitrogen and oxygen atoms in total. The minimum Gasteiger partial charge on any atom is -0.496 e. The predicted octanol–water partition coefficient (Wildman–Crippen LogP) is 6.52. The summed E-state index contributed by atoms with van der Waals surface area (Å²) in [6, 6.07) is 11.5. The van der Waals surface area contributed by atoms with Gasteiger partial charge in [0.1, 0.15) is 11.5 Å². The van der Waals surface area contributed by atoms with Crippen LogP contribution in [0.25, 0.3) is 11.1 Å². The van der Waals surface area contributed by atoms with Crippen LogP contribution in [0.15, 0.2) is 63.2 Å². The molecule has 0 fully saturated rings. The minimum atomic E-state index is -4.81. The van der Waals surface area contributed by atoms with Gasteiger partial charge in [-0.1, -0.05) is 18.2 Å². The van der Waals surface area contributed by atoms with Gasteiger partial charge in [0.15, 0.2) is 5.84 Å². The van der Waals surface area contributed by atoms with Crippen LogP contribution in [0.4, 0.5) is 13.2 Å². The van der Waals surface area contributed by atoms with Crippen molar-refractivity contribution >= 4 is 22.9 Å². The molecule has 3 rings (SSSR count). The minimum absolute atomic E-state index is 0.133. The molecular formula is C23H21F3N2O2S. The van der Waals surface area contributed by atoms with E-state index in [1.807, 2.05) is 25.1 Å². The van der Waals surface area contributed by atoms with Gasteiger partial charge >= 0.3 is 6.36 Å². The van der Waals surface area contributed by atoms with Gasteiger partial charge in [0, 0.05) is 18.3 Å². The Balaban J connectivity index is 1.98. The molecule has 0 amide bonds. The Kier molecular flexibility index (Phi) is 6.80. The summed E-state index contributed by atoms with van der Waals surface area (Å²) in [5.74, 6) is 0.464. The maximum Gasteiger partial charge on any atom is 0.573 e. The fourth-order valence-corrected chi connectivity index (χ4v) is 3.94. The highest BCUT2D eigenvalue weighted by atomic mass is 32.1. The smallest absolute Gasteiger partial charge is 0.496 e. The number of halogens is 3. The maximum atomic E-state index is 12.8. The number of hydrogen-bond donors (Lipinski definition) is 0. The summed E-state index contributed by atoms with van der Waals surface area (Å²) in [4.78, 5) is 8.56. The Hall–Kier alpha value is -3.13. The highest BCUT2D eigenvalue weighted by molar-refractivity contribution is 7.08. The van der Waals surface area contributed by atoms with Crippen LogP contribution in [-0.4, -0.2) is 32.1 Å². The lowest BCUT2D eigenvalue weighted by Crippen LogP contribution is -2.19. The zero-order chi connectivity index (χ0) is 22.6. The zero-order valence-corrected chi connectivity index (χ0v) is 18.3. The number of amidine groups is 1. The van der Waals surface area contributed by atoms with Gasteiger partial charge in [-0.25, -0.2) is 4.99 Å². The molecular weight excluding hydrogens is 425 g/mol.